The highest BCUT2D eigenvalue weighted by molar-refractivity contribution is 7.78. The van der Waals surface area contributed by atoms with Crippen molar-refractivity contribution in [2.75, 3.05) is 13.1 Å². The van der Waals surface area contributed by atoms with Crippen LogP contribution in [0.1, 0.15) is 25.7 Å². The molecule has 0 bridgehead atoms. The number of thiocarbonyl (C=S) groups is 1. The average Bonchev–Trinajstić information content (AvgIpc) is 2.17. The summed E-state index contributed by atoms with van der Waals surface area (Å²) >= 11 is 4.05. The normalized spacial score (nSPS) is 18.0. The SMILES string of the molecule is C1CCCNCC1.NC=S. The number of nitrogens with one attached hydrogen (secondary N) is 1. The van der Waals surface area contributed by atoms with E-state index in [-0.39, 0.29) is 0 Å². The summed E-state index contributed by atoms with van der Waals surface area (Å²) in [6.07, 6.45) is 5.65. The number of hydrogen-bond acceptors (Lipinski definition) is 2. The first kappa shape index (κ1) is 9.85. The molecule has 2 nitrogen and oxygen atoms in total. The van der Waals surface area contributed by atoms with E-state index < -0.39 is 0 Å². The second-order valence-corrected chi connectivity index (χ2v) is 2.57. The van der Waals surface area contributed by atoms with Crippen LogP contribution in [0.2, 0.25) is 0 Å². The van der Waals surface area contributed by atoms with Crippen LogP contribution in [0.15, 0.2) is 0 Å². The Labute approximate surface area is 68.2 Å². The molecule has 1 aliphatic rings. The summed E-state index contributed by atoms with van der Waals surface area (Å²) in [5, 5.41) is 3.35. The lowest BCUT2D eigenvalue weighted by Crippen LogP contribution is -2.12. The zero-order valence-electron chi connectivity index (χ0n) is 6.31. The summed E-state index contributed by atoms with van der Waals surface area (Å²) in [5.41, 5.74) is 5.62. The number of hydrogen-bond donors (Lipinski definition) is 2. The molecule has 1 saturated heterocycles. The Kier molecular flexibility index (Phi) is 8.72. The van der Waals surface area contributed by atoms with Gasteiger partial charge in [-0.2, -0.15) is 0 Å². The molecule has 1 rings (SSSR count). The second kappa shape index (κ2) is 8.85. The minimum absolute atomic E-state index is 1.08. The Bertz CT molecular complexity index is 56.4. The van der Waals surface area contributed by atoms with Crippen LogP contribution < -0.4 is 11.1 Å². The van der Waals surface area contributed by atoms with Gasteiger partial charge in [0.1, 0.15) is 0 Å². The first-order valence-corrected chi connectivity index (χ1v) is 4.25. The molecule has 1 fully saturated rings. The molecule has 0 spiro atoms. The summed E-state index contributed by atoms with van der Waals surface area (Å²) in [5.74, 6) is 0. The van der Waals surface area contributed by atoms with Crippen molar-refractivity contribution >= 4 is 17.7 Å². The van der Waals surface area contributed by atoms with Crippen molar-refractivity contribution in [2.24, 2.45) is 5.73 Å². The fourth-order valence-electron chi connectivity index (χ4n) is 0.979. The second-order valence-electron chi connectivity index (χ2n) is 2.30. The summed E-state index contributed by atoms with van der Waals surface area (Å²) in [7, 11) is 0. The van der Waals surface area contributed by atoms with Gasteiger partial charge in [-0.3, -0.25) is 0 Å². The summed E-state index contributed by atoms with van der Waals surface area (Å²) in [6.45, 7) is 2.50. The molecule has 0 aliphatic carbocycles. The minimum atomic E-state index is 1.08. The van der Waals surface area contributed by atoms with E-state index in [0.717, 1.165) is 5.49 Å². The van der Waals surface area contributed by atoms with Gasteiger partial charge in [-0.1, -0.05) is 25.1 Å². The van der Waals surface area contributed by atoms with E-state index in [1.807, 2.05) is 0 Å². The maximum atomic E-state index is 4.54. The molecule has 3 heteroatoms. The predicted octanol–water partition coefficient (Wildman–Crippen LogP) is 1.05. The van der Waals surface area contributed by atoms with Crippen LogP contribution in [0.3, 0.4) is 0 Å². The maximum Gasteiger partial charge on any atom is 0.0588 e. The Morgan fingerprint density at radius 3 is 1.90 bits per heavy atom. The lowest BCUT2D eigenvalue weighted by Gasteiger charge is -1.91. The molecule has 0 saturated carbocycles. The molecule has 0 atom stereocenters. The monoisotopic (exact) mass is 160 g/mol. The van der Waals surface area contributed by atoms with Gasteiger partial charge in [0.25, 0.3) is 0 Å². The van der Waals surface area contributed by atoms with E-state index in [1.54, 1.807) is 0 Å². The average molecular weight is 160 g/mol. The molecule has 1 heterocycles. The molecule has 60 valence electrons. The minimum Gasteiger partial charge on any atom is -0.396 e. The van der Waals surface area contributed by atoms with Crippen molar-refractivity contribution in [3.63, 3.8) is 0 Å². The van der Waals surface area contributed by atoms with Crippen molar-refractivity contribution in [3.05, 3.63) is 0 Å². The van der Waals surface area contributed by atoms with Crippen LogP contribution in [0, 0.1) is 0 Å². The van der Waals surface area contributed by atoms with Crippen molar-refractivity contribution in [1.82, 2.24) is 5.32 Å². The van der Waals surface area contributed by atoms with Crippen LogP contribution >= 0.6 is 12.2 Å². The Morgan fingerprint density at radius 2 is 1.50 bits per heavy atom. The lowest BCUT2D eigenvalue weighted by molar-refractivity contribution is 0.702. The fraction of sp³-hybridized carbons (Fsp3) is 0.857. The summed E-state index contributed by atoms with van der Waals surface area (Å²) < 4.78 is 0. The quantitative estimate of drug-likeness (QED) is 0.520. The van der Waals surface area contributed by atoms with Crippen molar-refractivity contribution in [2.45, 2.75) is 25.7 Å². The fourth-order valence-corrected chi connectivity index (χ4v) is 0.979. The van der Waals surface area contributed by atoms with Gasteiger partial charge in [0.15, 0.2) is 0 Å². The molecule has 1 aliphatic heterocycles. The van der Waals surface area contributed by atoms with E-state index in [0.29, 0.717) is 0 Å². The molecule has 0 unspecified atom stereocenters. The smallest absolute Gasteiger partial charge is 0.0588 e. The third-order valence-electron chi connectivity index (χ3n) is 1.46. The van der Waals surface area contributed by atoms with Crippen LogP contribution in [0.4, 0.5) is 0 Å². The lowest BCUT2D eigenvalue weighted by atomic mass is 10.2. The largest absolute Gasteiger partial charge is 0.396 e. The molecular formula is C7H16N2S. The Morgan fingerprint density at radius 1 is 1.10 bits per heavy atom. The molecule has 0 aromatic carbocycles. The zero-order valence-corrected chi connectivity index (χ0v) is 7.12. The first-order chi connectivity index (χ1) is 4.91. The first-order valence-electron chi connectivity index (χ1n) is 3.78. The van der Waals surface area contributed by atoms with E-state index in [4.69, 9.17) is 0 Å². The maximum absolute atomic E-state index is 4.54. The van der Waals surface area contributed by atoms with Gasteiger partial charge in [-0.15, -0.1) is 0 Å². The summed E-state index contributed by atoms with van der Waals surface area (Å²) in [4.78, 5) is 0. The highest BCUT2D eigenvalue weighted by Gasteiger charge is 1.94. The molecule has 3 N–H and O–H groups in total. The highest BCUT2D eigenvalue weighted by atomic mass is 32.1. The van der Waals surface area contributed by atoms with Crippen LogP contribution in [-0.2, 0) is 0 Å². The molecule has 0 radical (unpaired) electrons. The topological polar surface area (TPSA) is 38.0 Å². The third kappa shape index (κ3) is 7.85. The van der Waals surface area contributed by atoms with E-state index in [2.05, 4.69) is 23.3 Å². The standard InChI is InChI=1S/C6H13N.CH3NS/c1-2-4-6-7-5-3-1;2-1-3/h7H,1-6H2;1H,(H2,2,3). The van der Waals surface area contributed by atoms with Crippen LogP contribution in [0.25, 0.3) is 0 Å². The molecular weight excluding hydrogens is 144 g/mol. The third-order valence-corrected chi connectivity index (χ3v) is 1.46. The van der Waals surface area contributed by atoms with Gasteiger partial charge in [-0.05, 0) is 25.9 Å². The molecule has 0 aromatic rings. The summed E-state index contributed by atoms with van der Waals surface area (Å²) in [6, 6.07) is 0. The molecule has 0 aromatic heterocycles. The van der Waals surface area contributed by atoms with Crippen LogP contribution in [-0.4, -0.2) is 18.6 Å². The van der Waals surface area contributed by atoms with E-state index in [9.17, 15) is 0 Å². The van der Waals surface area contributed by atoms with Gasteiger partial charge >= 0.3 is 0 Å². The highest BCUT2D eigenvalue weighted by Crippen LogP contribution is 2.00. The van der Waals surface area contributed by atoms with E-state index in [1.165, 1.54) is 38.8 Å². The van der Waals surface area contributed by atoms with Crippen LogP contribution in [0.5, 0.6) is 0 Å². The molecule has 10 heavy (non-hydrogen) atoms. The number of nitrogens with two attached hydrogens (primary N) is 1. The van der Waals surface area contributed by atoms with Gasteiger partial charge in [0, 0.05) is 0 Å². The van der Waals surface area contributed by atoms with Gasteiger partial charge in [0.2, 0.25) is 0 Å². The number of rotatable bonds is 0. The van der Waals surface area contributed by atoms with Gasteiger partial charge in [0.05, 0.1) is 5.49 Å². The van der Waals surface area contributed by atoms with Crippen molar-refractivity contribution < 1.29 is 0 Å². The predicted molar refractivity (Wildman–Crippen MR) is 49.2 cm³/mol. The zero-order chi connectivity index (χ0) is 7.66. The van der Waals surface area contributed by atoms with Crippen molar-refractivity contribution in [3.8, 4) is 0 Å². The van der Waals surface area contributed by atoms with Crippen molar-refractivity contribution in [1.29, 1.82) is 0 Å². The Balaban J connectivity index is 0.000000236. The van der Waals surface area contributed by atoms with E-state index >= 15 is 0 Å². The Hall–Kier alpha value is -0.150. The van der Waals surface area contributed by atoms with Gasteiger partial charge < -0.3 is 11.1 Å². The molecule has 0 amide bonds. The van der Waals surface area contributed by atoms with Gasteiger partial charge in [-0.25, -0.2) is 0 Å².